The van der Waals surface area contributed by atoms with Gasteiger partial charge in [0.2, 0.25) is 10.0 Å². The summed E-state index contributed by atoms with van der Waals surface area (Å²) in [5.74, 6) is -1.39. The van der Waals surface area contributed by atoms with Gasteiger partial charge in [-0.05, 0) is 24.1 Å². The van der Waals surface area contributed by atoms with Crippen LogP contribution in [0.3, 0.4) is 0 Å². The van der Waals surface area contributed by atoms with Crippen molar-refractivity contribution in [3.8, 4) is 0 Å². The van der Waals surface area contributed by atoms with Gasteiger partial charge in [-0.15, -0.1) is 0 Å². The maximum atomic E-state index is 11.8. The summed E-state index contributed by atoms with van der Waals surface area (Å²) in [7, 11) is -3.59. The van der Waals surface area contributed by atoms with E-state index >= 15 is 0 Å². The third-order valence-corrected chi connectivity index (χ3v) is 3.74. The fourth-order valence-electron chi connectivity index (χ4n) is 1.50. The van der Waals surface area contributed by atoms with E-state index in [-0.39, 0.29) is 17.3 Å². The van der Waals surface area contributed by atoms with E-state index in [0.29, 0.717) is 6.42 Å². The van der Waals surface area contributed by atoms with E-state index in [9.17, 15) is 13.2 Å². The molecule has 0 amide bonds. The average molecular weight is 296 g/mol. The second-order valence-electron chi connectivity index (χ2n) is 4.00. The molecule has 9 heteroatoms. The molecule has 2 rings (SSSR count). The summed E-state index contributed by atoms with van der Waals surface area (Å²) in [4.78, 5) is 14.5. The van der Waals surface area contributed by atoms with E-state index in [1.54, 1.807) is 24.5 Å². The van der Waals surface area contributed by atoms with Gasteiger partial charge in [-0.2, -0.15) is 5.10 Å². The minimum atomic E-state index is -3.59. The third kappa shape index (κ3) is 3.79. The molecule has 2 aromatic heterocycles. The Morgan fingerprint density at radius 2 is 2.05 bits per heavy atom. The highest BCUT2D eigenvalue weighted by molar-refractivity contribution is 7.92. The normalized spacial score (nSPS) is 11.2. The molecule has 0 saturated heterocycles. The van der Waals surface area contributed by atoms with Crippen LogP contribution in [0.2, 0.25) is 0 Å². The Hall–Kier alpha value is -2.42. The Bertz CT molecular complexity index is 696. The lowest BCUT2D eigenvalue weighted by molar-refractivity contribution is 0.0690. The summed E-state index contributed by atoms with van der Waals surface area (Å²) in [5, 5.41) is 14.5. The standard InChI is InChI=1S/C11H12N4O4S/c16-11(17)9-7-10(14-13-9)15-20(18,19)6-3-8-1-4-12-5-2-8/h1-2,4-5,7H,3,6H2,(H,16,17)(H2,13,14,15). The van der Waals surface area contributed by atoms with Crippen LogP contribution in [0.4, 0.5) is 5.82 Å². The van der Waals surface area contributed by atoms with Crippen molar-refractivity contribution in [2.24, 2.45) is 0 Å². The first-order chi connectivity index (χ1) is 9.46. The highest BCUT2D eigenvalue weighted by Crippen LogP contribution is 2.09. The number of hydrogen-bond acceptors (Lipinski definition) is 5. The fourth-order valence-corrected chi connectivity index (χ4v) is 2.53. The van der Waals surface area contributed by atoms with Gasteiger partial charge in [-0.1, -0.05) is 0 Å². The van der Waals surface area contributed by atoms with Gasteiger partial charge in [0.05, 0.1) is 5.75 Å². The summed E-state index contributed by atoms with van der Waals surface area (Å²) >= 11 is 0. The molecule has 0 fully saturated rings. The van der Waals surface area contributed by atoms with Gasteiger partial charge in [0.25, 0.3) is 0 Å². The number of nitrogens with one attached hydrogen (secondary N) is 2. The van der Waals surface area contributed by atoms with Crippen molar-refractivity contribution in [1.29, 1.82) is 0 Å². The number of hydrogen-bond donors (Lipinski definition) is 3. The van der Waals surface area contributed by atoms with Gasteiger partial charge in [0.15, 0.2) is 5.82 Å². The molecular weight excluding hydrogens is 284 g/mol. The zero-order chi connectivity index (χ0) is 14.6. The molecule has 0 atom stereocenters. The van der Waals surface area contributed by atoms with Crippen LogP contribution in [0.25, 0.3) is 0 Å². The molecule has 3 N–H and O–H groups in total. The zero-order valence-electron chi connectivity index (χ0n) is 10.3. The van der Waals surface area contributed by atoms with Crippen molar-refractivity contribution in [3.05, 3.63) is 41.9 Å². The van der Waals surface area contributed by atoms with Gasteiger partial charge >= 0.3 is 5.97 Å². The van der Waals surface area contributed by atoms with Crippen molar-refractivity contribution in [2.75, 3.05) is 10.5 Å². The number of carboxylic acid groups (broad SMARTS) is 1. The number of aromatic nitrogens is 3. The molecule has 0 aromatic carbocycles. The van der Waals surface area contributed by atoms with Crippen molar-refractivity contribution >= 4 is 21.8 Å². The second-order valence-corrected chi connectivity index (χ2v) is 5.84. The van der Waals surface area contributed by atoms with Crippen LogP contribution in [0.15, 0.2) is 30.6 Å². The Kier molecular flexibility index (Phi) is 3.99. The number of aryl methyl sites for hydroxylation is 1. The number of pyridine rings is 1. The minimum Gasteiger partial charge on any atom is -0.477 e. The molecule has 2 heterocycles. The molecule has 8 nitrogen and oxygen atoms in total. The van der Waals surface area contributed by atoms with Crippen LogP contribution in [0.5, 0.6) is 0 Å². The first-order valence-electron chi connectivity index (χ1n) is 5.64. The molecular formula is C11H12N4O4S. The highest BCUT2D eigenvalue weighted by Gasteiger charge is 2.14. The van der Waals surface area contributed by atoms with Crippen molar-refractivity contribution < 1.29 is 18.3 Å². The molecule has 0 aliphatic rings. The highest BCUT2D eigenvalue weighted by atomic mass is 32.2. The van der Waals surface area contributed by atoms with E-state index in [0.717, 1.165) is 11.6 Å². The Morgan fingerprint density at radius 3 is 2.65 bits per heavy atom. The molecule has 0 saturated carbocycles. The largest absolute Gasteiger partial charge is 0.477 e. The van der Waals surface area contributed by atoms with Crippen LogP contribution in [-0.4, -0.2) is 40.4 Å². The first kappa shape index (κ1) is 14.0. The number of aromatic carboxylic acids is 1. The lowest BCUT2D eigenvalue weighted by Crippen LogP contribution is -2.18. The summed E-state index contributed by atoms with van der Waals surface area (Å²) in [5.41, 5.74) is 0.662. The number of nitrogens with zero attached hydrogens (tertiary/aromatic N) is 2. The number of aromatic amines is 1. The van der Waals surface area contributed by atoms with E-state index in [4.69, 9.17) is 5.11 Å². The Balaban J connectivity index is 1.98. The third-order valence-electron chi connectivity index (χ3n) is 2.48. The van der Waals surface area contributed by atoms with Gasteiger partial charge in [0.1, 0.15) is 5.69 Å². The Morgan fingerprint density at radius 1 is 1.35 bits per heavy atom. The molecule has 106 valence electrons. The first-order valence-corrected chi connectivity index (χ1v) is 7.29. The monoisotopic (exact) mass is 296 g/mol. The lowest BCUT2D eigenvalue weighted by atomic mass is 10.2. The second kappa shape index (κ2) is 5.70. The maximum absolute atomic E-state index is 11.8. The van der Waals surface area contributed by atoms with Crippen LogP contribution in [0.1, 0.15) is 16.1 Å². The predicted molar refractivity (Wildman–Crippen MR) is 70.9 cm³/mol. The van der Waals surface area contributed by atoms with Gasteiger partial charge in [0, 0.05) is 18.5 Å². The topological polar surface area (TPSA) is 125 Å². The smallest absolute Gasteiger partial charge is 0.353 e. The number of rotatable bonds is 6. The van der Waals surface area contributed by atoms with Crippen LogP contribution in [0, 0.1) is 0 Å². The van der Waals surface area contributed by atoms with E-state index in [2.05, 4.69) is 19.9 Å². The molecule has 0 spiro atoms. The molecule has 20 heavy (non-hydrogen) atoms. The minimum absolute atomic E-state index is 0.0443. The van der Waals surface area contributed by atoms with E-state index in [1.165, 1.54) is 0 Å². The molecule has 0 aliphatic carbocycles. The molecule has 0 unspecified atom stereocenters. The predicted octanol–water partition coefficient (Wildman–Crippen LogP) is 0.487. The fraction of sp³-hybridized carbons (Fsp3) is 0.182. The number of sulfonamides is 1. The molecule has 0 aliphatic heterocycles. The van der Waals surface area contributed by atoms with Gasteiger partial charge in [-0.25, -0.2) is 13.2 Å². The van der Waals surface area contributed by atoms with E-state index < -0.39 is 16.0 Å². The number of carbonyl (C=O) groups is 1. The van der Waals surface area contributed by atoms with Crippen LogP contribution < -0.4 is 4.72 Å². The molecule has 0 radical (unpaired) electrons. The van der Waals surface area contributed by atoms with Crippen molar-refractivity contribution in [2.45, 2.75) is 6.42 Å². The van der Waals surface area contributed by atoms with Crippen molar-refractivity contribution in [3.63, 3.8) is 0 Å². The summed E-state index contributed by atoms with van der Waals surface area (Å²) < 4.78 is 25.9. The molecule has 0 bridgehead atoms. The number of H-pyrrole nitrogens is 1. The maximum Gasteiger partial charge on any atom is 0.353 e. The van der Waals surface area contributed by atoms with E-state index in [1.807, 2.05) is 0 Å². The summed E-state index contributed by atoms with van der Waals surface area (Å²) in [6.07, 6.45) is 3.50. The summed E-state index contributed by atoms with van der Waals surface area (Å²) in [6.45, 7) is 0. The zero-order valence-corrected chi connectivity index (χ0v) is 11.1. The summed E-state index contributed by atoms with van der Waals surface area (Å²) in [6, 6.07) is 4.57. The number of anilines is 1. The van der Waals surface area contributed by atoms with Crippen molar-refractivity contribution in [1.82, 2.24) is 15.2 Å². The van der Waals surface area contributed by atoms with Gasteiger partial charge < -0.3 is 5.11 Å². The lowest BCUT2D eigenvalue weighted by Gasteiger charge is -2.04. The SMILES string of the molecule is O=C(O)c1cc(NS(=O)(=O)CCc2ccncc2)n[nH]1. The van der Waals surface area contributed by atoms with Crippen LogP contribution >= 0.6 is 0 Å². The molecule has 2 aromatic rings. The van der Waals surface area contributed by atoms with Gasteiger partial charge in [-0.3, -0.25) is 14.8 Å². The number of carboxylic acids is 1. The average Bonchev–Trinajstić information content (AvgIpc) is 2.86. The Labute approximate surface area is 114 Å². The quantitative estimate of drug-likeness (QED) is 0.712. The van der Waals surface area contributed by atoms with Crippen LogP contribution in [-0.2, 0) is 16.4 Å².